The molecule has 0 spiro atoms. The Morgan fingerprint density at radius 1 is 1.44 bits per heavy atom. The third-order valence-corrected chi connectivity index (χ3v) is 2.64. The molecule has 1 amide bonds. The number of aliphatic hydroxyl groups excluding tert-OH is 1. The molecular formula is C11H12FNO3. The molecule has 2 rings (SSSR count). The molecule has 4 nitrogen and oxygen atoms in total. The minimum atomic E-state index is -0.839. The zero-order valence-corrected chi connectivity index (χ0v) is 8.57. The Morgan fingerprint density at radius 2 is 2.06 bits per heavy atom. The van der Waals surface area contributed by atoms with Crippen LogP contribution in [0.4, 0.5) is 10.1 Å². The van der Waals surface area contributed by atoms with Crippen LogP contribution in [0.5, 0.6) is 0 Å². The van der Waals surface area contributed by atoms with Gasteiger partial charge in [0, 0.05) is 5.69 Å². The molecule has 1 saturated heterocycles. The van der Waals surface area contributed by atoms with Gasteiger partial charge in [0.15, 0.2) is 0 Å². The molecule has 0 aliphatic carbocycles. The van der Waals surface area contributed by atoms with E-state index in [1.54, 1.807) is 0 Å². The number of carbonyl (C=O) groups excluding carboxylic acids is 1. The van der Waals surface area contributed by atoms with Gasteiger partial charge in [-0.3, -0.25) is 4.79 Å². The predicted octanol–water partition coefficient (Wildman–Crippen LogP) is 0.773. The van der Waals surface area contributed by atoms with E-state index in [2.05, 4.69) is 5.32 Å². The lowest BCUT2D eigenvalue weighted by Crippen LogP contribution is -2.54. The fourth-order valence-electron chi connectivity index (χ4n) is 1.44. The van der Waals surface area contributed by atoms with Crippen molar-refractivity contribution in [3.05, 3.63) is 30.1 Å². The fourth-order valence-corrected chi connectivity index (χ4v) is 1.44. The van der Waals surface area contributed by atoms with E-state index in [1.807, 2.05) is 0 Å². The molecule has 86 valence electrons. The first-order valence-corrected chi connectivity index (χ1v) is 4.92. The quantitative estimate of drug-likeness (QED) is 0.799. The van der Waals surface area contributed by atoms with Gasteiger partial charge in [-0.2, -0.15) is 0 Å². The molecule has 0 unspecified atom stereocenters. The van der Waals surface area contributed by atoms with Crippen LogP contribution in [-0.2, 0) is 9.53 Å². The topological polar surface area (TPSA) is 58.6 Å². The normalized spacial score (nSPS) is 17.6. The zero-order valence-electron chi connectivity index (χ0n) is 8.57. The number of aliphatic hydroxyl groups is 1. The Balaban J connectivity index is 2.04. The van der Waals surface area contributed by atoms with Gasteiger partial charge in [0.1, 0.15) is 11.2 Å². The van der Waals surface area contributed by atoms with E-state index in [4.69, 9.17) is 9.84 Å². The van der Waals surface area contributed by atoms with E-state index >= 15 is 0 Å². The van der Waals surface area contributed by atoms with Crippen molar-refractivity contribution < 1.29 is 19.0 Å². The van der Waals surface area contributed by atoms with Gasteiger partial charge < -0.3 is 15.2 Å². The highest BCUT2D eigenvalue weighted by Gasteiger charge is 2.45. The van der Waals surface area contributed by atoms with Gasteiger partial charge in [-0.15, -0.1) is 0 Å². The van der Waals surface area contributed by atoms with Crippen LogP contribution in [-0.4, -0.2) is 30.8 Å². The first-order chi connectivity index (χ1) is 7.66. The van der Waals surface area contributed by atoms with Crippen LogP contribution in [0.2, 0.25) is 0 Å². The van der Waals surface area contributed by atoms with Crippen LogP contribution in [0.25, 0.3) is 0 Å². The van der Waals surface area contributed by atoms with Gasteiger partial charge in [-0.25, -0.2) is 4.39 Å². The first kappa shape index (κ1) is 11.0. The van der Waals surface area contributed by atoms with Gasteiger partial charge in [0.25, 0.3) is 0 Å². The van der Waals surface area contributed by atoms with Crippen molar-refractivity contribution in [3.8, 4) is 0 Å². The minimum absolute atomic E-state index is 0.219. The lowest BCUT2D eigenvalue weighted by atomic mass is 9.86. The van der Waals surface area contributed by atoms with Gasteiger partial charge in [0.05, 0.1) is 19.8 Å². The summed E-state index contributed by atoms with van der Waals surface area (Å²) in [5, 5.41) is 11.7. The Kier molecular flexibility index (Phi) is 2.89. The van der Waals surface area contributed by atoms with Crippen molar-refractivity contribution in [2.24, 2.45) is 5.41 Å². The molecule has 1 fully saturated rings. The average Bonchev–Trinajstić information content (AvgIpc) is 2.21. The van der Waals surface area contributed by atoms with E-state index in [0.29, 0.717) is 5.69 Å². The van der Waals surface area contributed by atoms with Crippen LogP contribution in [0.15, 0.2) is 24.3 Å². The van der Waals surface area contributed by atoms with Crippen LogP contribution in [0.1, 0.15) is 0 Å². The Morgan fingerprint density at radius 3 is 2.50 bits per heavy atom. The number of hydrogen-bond acceptors (Lipinski definition) is 3. The molecule has 0 radical (unpaired) electrons. The van der Waals surface area contributed by atoms with Crippen molar-refractivity contribution in [2.45, 2.75) is 0 Å². The standard InChI is InChI=1S/C11H12FNO3/c12-8-1-3-9(4-2-8)13-10(15)11(5-14)6-16-7-11/h1-4,14H,5-7H2,(H,13,15). The van der Waals surface area contributed by atoms with Crippen LogP contribution in [0, 0.1) is 11.2 Å². The number of halogens is 1. The summed E-state index contributed by atoms with van der Waals surface area (Å²) in [6.07, 6.45) is 0. The number of hydrogen-bond donors (Lipinski definition) is 2. The molecule has 0 atom stereocenters. The van der Waals surface area contributed by atoms with Crippen LogP contribution in [0.3, 0.4) is 0 Å². The molecule has 1 heterocycles. The van der Waals surface area contributed by atoms with Gasteiger partial charge in [-0.1, -0.05) is 0 Å². The minimum Gasteiger partial charge on any atom is -0.395 e. The van der Waals surface area contributed by atoms with Crippen molar-refractivity contribution in [2.75, 3.05) is 25.1 Å². The highest BCUT2D eigenvalue weighted by atomic mass is 19.1. The maximum absolute atomic E-state index is 12.6. The highest BCUT2D eigenvalue weighted by molar-refractivity contribution is 5.96. The summed E-state index contributed by atoms with van der Waals surface area (Å²) >= 11 is 0. The monoisotopic (exact) mass is 225 g/mol. The Hall–Kier alpha value is -1.46. The second-order valence-electron chi connectivity index (χ2n) is 3.89. The average molecular weight is 225 g/mol. The number of amides is 1. The zero-order chi connectivity index (χ0) is 11.6. The van der Waals surface area contributed by atoms with Crippen LogP contribution < -0.4 is 5.32 Å². The molecule has 0 saturated carbocycles. The van der Waals surface area contributed by atoms with Gasteiger partial charge in [-0.05, 0) is 24.3 Å². The summed E-state index contributed by atoms with van der Waals surface area (Å²) in [6, 6.07) is 5.46. The molecule has 1 aromatic carbocycles. The molecule has 0 aromatic heterocycles. The third kappa shape index (κ3) is 1.91. The fraction of sp³-hybridized carbons (Fsp3) is 0.364. The summed E-state index contributed by atoms with van der Waals surface area (Å²) in [5.74, 6) is -0.658. The SMILES string of the molecule is O=C(Nc1ccc(F)cc1)C1(CO)COC1. The van der Waals surface area contributed by atoms with E-state index in [9.17, 15) is 9.18 Å². The number of nitrogens with one attached hydrogen (secondary N) is 1. The number of carbonyl (C=O) groups is 1. The highest BCUT2D eigenvalue weighted by Crippen LogP contribution is 2.28. The summed E-state index contributed by atoms with van der Waals surface area (Å²) in [5.41, 5.74) is -0.333. The Bertz CT molecular complexity index is 381. The maximum atomic E-state index is 12.6. The van der Waals surface area contributed by atoms with Crippen molar-refractivity contribution in [1.82, 2.24) is 0 Å². The lowest BCUT2D eigenvalue weighted by Gasteiger charge is -2.37. The molecule has 5 heteroatoms. The first-order valence-electron chi connectivity index (χ1n) is 4.92. The second-order valence-corrected chi connectivity index (χ2v) is 3.89. The number of benzene rings is 1. The summed E-state index contributed by atoms with van der Waals surface area (Å²) < 4.78 is 17.6. The molecular weight excluding hydrogens is 213 g/mol. The lowest BCUT2D eigenvalue weighted by molar-refractivity contribution is -0.164. The molecule has 16 heavy (non-hydrogen) atoms. The number of ether oxygens (including phenoxy) is 1. The maximum Gasteiger partial charge on any atom is 0.237 e. The van der Waals surface area contributed by atoms with Crippen molar-refractivity contribution in [3.63, 3.8) is 0 Å². The molecule has 1 aliphatic rings. The van der Waals surface area contributed by atoms with Gasteiger partial charge in [0.2, 0.25) is 5.91 Å². The van der Waals surface area contributed by atoms with E-state index in [1.165, 1.54) is 24.3 Å². The molecule has 0 bridgehead atoms. The van der Waals surface area contributed by atoms with E-state index in [0.717, 1.165) is 0 Å². The van der Waals surface area contributed by atoms with E-state index in [-0.39, 0.29) is 31.5 Å². The van der Waals surface area contributed by atoms with E-state index < -0.39 is 5.41 Å². The van der Waals surface area contributed by atoms with Crippen molar-refractivity contribution >= 4 is 11.6 Å². The van der Waals surface area contributed by atoms with Crippen LogP contribution >= 0.6 is 0 Å². The number of anilines is 1. The summed E-state index contributed by atoms with van der Waals surface area (Å²) in [6.45, 7) is 0.188. The largest absolute Gasteiger partial charge is 0.395 e. The number of rotatable bonds is 3. The predicted molar refractivity (Wildman–Crippen MR) is 55.4 cm³/mol. The second kappa shape index (κ2) is 4.19. The molecule has 2 N–H and O–H groups in total. The summed E-state index contributed by atoms with van der Waals surface area (Å²) in [7, 11) is 0. The summed E-state index contributed by atoms with van der Waals surface area (Å²) in [4.78, 5) is 11.8. The Labute approximate surface area is 92.0 Å². The third-order valence-electron chi connectivity index (χ3n) is 2.64. The molecule has 1 aromatic rings. The smallest absolute Gasteiger partial charge is 0.237 e. The molecule has 1 aliphatic heterocycles. The van der Waals surface area contributed by atoms with Gasteiger partial charge >= 0.3 is 0 Å². The van der Waals surface area contributed by atoms with Crippen molar-refractivity contribution in [1.29, 1.82) is 0 Å².